The number of anilines is 2. The van der Waals surface area contributed by atoms with E-state index in [0.29, 0.717) is 55.0 Å². The number of β-amino-alcohol motifs (C(OH)–C–C–N with tert-alkyl or cyclic N) is 1. The first-order valence-corrected chi connectivity index (χ1v) is 12.4. The average Bonchev–Trinajstić information content (AvgIpc) is 3.61. The number of ether oxygens (including phenoxy) is 1. The highest BCUT2D eigenvalue weighted by Crippen LogP contribution is 2.37. The minimum absolute atomic E-state index is 0.324. The molecule has 1 saturated carbocycles. The number of hydrogen-bond acceptors (Lipinski definition) is 9. The quantitative estimate of drug-likeness (QED) is 0.487. The fraction of sp³-hybridized carbons (Fsp3) is 0.440. The van der Waals surface area contributed by atoms with Crippen molar-refractivity contribution in [2.75, 3.05) is 56.6 Å². The second-order valence-electron chi connectivity index (χ2n) is 9.00. The summed E-state index contributed by atoms with van der Waals surface area (Å²) in [7, 11) is 0. The Morgan fingerprint density at radius 2 is 1.97 bits per heavy atom. The zero-order valence-electron chi connectivity index (χ0n) is 19.5. The molecule has 1 aromatic carbocycles. The van der Waals surface area contributed by atoms with Gasteiger partial charge >= 0.3 is 0 Å². The van der Waals surface area contributed by atoms with E-state index in [2.05, 4.69) is 41.6 Å². The van der Waals surface area contributed by atoms with Gasteiger partial charge in [-0.05, 0) is 54.2 Å². The molecule has 3 N–H and O–H groups in total. The van der Waals surface area contributed by atoms with Gasteiger partial charge in [0.2, 0.25) is 11.9 Å². The molecule has 10 heteroatoms. The van der Waals surface area contributed by atoms with E-state index in [1.165, 1.54) is 18.4 Å². The Kier molecular flexibility index (Phi) is 7.68. The first-order valence-electron chi connectivity index (χ1n) is 12.0. The molecular formula is C25H30ClN7O2. The zero-order valence-corrected chi connectivity index (χ0v) is 20.3. The summed E-state index contributed by atoms with van der Waals surface area (Å²) in [6.45, 7) is 4.68. The molecule has 2 aromatic rings. The van der Waals surface area contributed by atoms with Crippen LogP contribution < -0.4 is 10.6 Å². The molecule has 9 nitrogen and oxygen atoms in total. The van der Waals surface area contributed by atoms with Gasteiger partial charge in [-0.1, -0.05) is 29.8 Å². The number of nitrogens with zero attached hydrogens (tertiary/aromatic N) is 5. The van der Waals surface area contributed by atoms with Crippen molar-refractivity contribution in [3.63, 3.8) is 0 Å². The number of hydrogen-bond donors (Lipinski definition) is 3. The van der Waals surface area contributed by atoms with E-state index in [1.807, 2.05) is 36.4 Å². The Morgan fingerprint density at radius 1 is 1.14 bits per heavy atom. The summed E-state index contributed by atoms with van der Waals surface area (Å²) in [5, 5.41) is 17.6. The minimum atomic E-state index is -0.560. The Morgan fingerprint density at radius 3 is 2.77 bits per heavy atom. The van der Waals surface area contributed by atoms with Crippen molar-refractivity contribution in [2.24, 2.45) is 10.9 Å². The lowest BCUT2D eigenvalue weighted by molar-refractivity contribution is 0.0171. The lowest BCUT2D eigenvalue weighted by atomic mass is 10.2. The fourth-order valence-corrected chi connectivity index (χ4v) is 4.27. The molecule has 3 aliphatic rings. The van der Waals surface area contributed by atoms with Crippen LogP contribution in [0.5, 0.6) is 0 Å². The van der Waals surface area contributed by atoms with Gasteiger partial charge < -0.3 is 20.5 Å². The van der Waals surface area contributed by atoms with E-state index >= 15 is 0 Å². The van der Waals surface area contributed by atoms with Crippen LogP contribution in [0.4, 0.5) is 11.9 Å². The van der Waals surface area contributed by atoms with Gasteiger partial charge in [0.15, 0.2) is 5.82 Å². The standard InChI is InChI=1S/C25H30ClN7O2/c26-20-3-1-2-17(12-20)4-7-22-29-24(28-15-21(34)16-33-8-10-35-11-9-33)32-25(30-22)31-23-13-19(14-27-23)18-5-6-18/h1-4,7,12-13,18,21,34H,5-6,8-11,14-16H2,(H2,27,28,29,30,31,32)/b7-4+. The average molecular weight is 496 g/mol. The predicted octanol–water partition coefficient (Wildman–Crippen LogP) is 2.96. The SMILES string of the molecule is OC(CNc1nc(/C=C/c2cccc(Cl)c2)nc(NC2=NCC(C3CC3)=C2)n1)CN1CCOCC1. The van der Waals surface area contributed by atoms with Gasteiger partial charge in [-0.25, -0.2) is 0 Å². The van der Waals surface area contributed by atoms with E-state index < -0.39 is 6.10 Å². The monoisotopic (exact) mass is 495 g/mol. The van der Waals surface area contributed by atoms with Gasteiger partial charge in [0.25, 0.3) is 0 Å². The van der Waals surface area contributed by atoms with Crippen LogP contribution in [0.15, 0.2) is 40.9 Å². The Bertz CT molecular complexity index is 1130. The fourth-order valence-electron chi connectivity index (χ4n) is 4.07. The third-order valence-corrected chi connectivity index (χ3v) is 6.33. The summed E-state index contributed by atoms with van der Waals surface area (Å²) in [5.74, 6) is 2.72. The van der Waals surface area contributed by atoms with Crippen LogP contribution in [0, 0.1) is 5.92 Å². The van der Waals surface area contributed by atoms with Crippen molar-refractivity contribution in [1.29, 1.82) is 0 Å². The molecule has 35 heavy (non-hydrogen) atoms. The van der Waals surface area contributed by atoms with Crippen LogP contribution in [-0.2, 0) is 4.74 Å². The molecule has 3 heterocycles. The maximum atomic E-state index is 10.5. The summed E-state index contributed by atoms with van der Waals surface area (Å²) in [4.78, 5) is 20.4. The first-order chi connectivity index (χ1) is 17.1. The number of aliphatic hydroxyl groups excluding tert-OH is 1. The van der Waals surface area contributed by atoms with Crippen LogP contribution in [0.2, 0.25) is 5.02 Å². The minimum Gasteiger partial charge on any atom is -0.390 e. The lowest BCUT2D eigenvalue weighted by Gasteiger charge is -2.28. The number of amidine groups is 1. The van der Waals surface area contributed by atoms with Gasteiger partial charge in [-0.15, -0.1) is 0 Å². The van der Waals surface area contributed by atoms with Gasteiger partial charge in [0.05, 0.1) is 25.9 Å². The van der Waals surface area contributed by atoms with Crippen molar-refractivity contribution in [2.45, 2.75) is 18.9 Å². The highest BCUT2D eigenvalue weighted by atomic mass is 35.5. The molecular weight excluding hydrogens is 466 g/mol. The molecule has 1 saturated heterocycles. The molecule has 2 aliphatic heterocycles. The van der Waals surface area contributed by atoms with Gasteiger partial charge in [-0.2, -0.15) is 15.0 Å². The van der Waals surface area contributed by atoms with Crippen LogP contribution in [0.3, 0.4) is 0 Å². The summed E-state index contributed by atoms with van der Waals surface area (Å²) in [6.07, 6.45) is 7.76. The van der Waals surface area contributed by atoms with Crippen LogP contribution in [0.25, 0.3) is 12.2 Å². The molecule has 0 amide bonds. The summed E-state index contributed by atoms with van der Waals surface area (Å²) in [6, 6.07) is 7.56. The third-order valence-electron chi connectivity index (χ3n) is 6.09. The molecule has 0 spiro atoms. The molecule has 0 bridgehead atoms. The summed E-state index contributed by atoms with van der Waals surface area (Å²) in [5.41, 5.74) is 2.31. The van der Waals surface area contributed by atoms with Gasteiger partial charge in [0, 0.05) is 31.2 Å². The maximum Gasteiger partial charge on any atom is 0.233 e. The Labute approximate surface area is 210 Å². The second kappa shape index (κ2) is 11.3. The van der Waals surface area contributed by atoms with Crippen molar-refractivity contribution < 1.29 is 9.84 Å². The molecule has 1 atom stereocenters. The predicted molar refractivity (Wildman–Crippen MR) is 139 cm³/mol. The largest absolute Gasteiger partial charge is 0.390 e. The van der Waals surface area contributed by atoms with Crippen LogP contribution in [-0.4, -0.2) is 82.8 Å². The molecule has 184 valence electrons. The molecule has 1 unspecified atom stereocenters. The summed E-state index contributed by atoms with van der Waals surface area (Å²) < 4.78 is 5.38. The van der Waals surface area contributed by atoms with E-state index in [-0.39, 0.29) is 0 Å². The number of rotatable bonds is 9. The molecule has 1 aliphatic carbocycles. The highest BCUT2D eigenvalue weighted by Gasteiger charge is 2.28. The molecule has 0 radical (unpaired) electrons. The Hall–Kier alpha value is -2.85. The number of morpholine rings is 1. The third kappa shape index (κ3) is 7.08. The van der Waals surface area contributed by atoms with E-state index in [9.17, 15) is 5.11 Å². The topological polar surface area (TPSA) is 108 Å². The number of halogens is 1. The smallest absolute Gasteiger partial charge is 0.233 e. The van der Waals surface area contributed by atoms with Crippen LogP contribution in [0.1, 0.15) is 24.2 Å². The lowest BCUT2D eigenvalue weighted by Crippen LogP contribution is -2.42. The van der Waals surface area contributed by atoms with Crippen molar-refractivity contribution >= 4 is 41.5 Å². The van der Waals surface area contributed by atoms with Crippen LogP contribution >= 0.6 is 11.6 Å². The maximum absolute atomic E-state index is 10.5. The summed E-state index contributed by atoms with van der Waals surface area (Å²) >= 11 is 6.10. The normalized spacial score (nSPS) is 19.5. The zero-order chi connectivity index (χ0) is 24.0. The molecule has 5 rings (SSSR count). The molecule has 1 aromatic heterocycles. The van der Waals surface area contributed by atoms with Crippen molar-refractivity contribution in [3.05, 3.63) is 52.3 Å². The number of aromatic nitrogens is 3. The number of benzene rings is 1. The number of aliphatic hydroxyl groups is 1. The number of aliphatic imine (C=N–C) groups is 1. The number of nitrogens with one attached hydrogen (secondary N) is 2. The van der Waals surface area contributed by atoms with Crippen molar-refractivity contribution in [1.82, 2.24) is 19.9 Å². The molecule has 2 fully saturated rings. The first kappa shape index (κ1) is 23.9. The second-order valence-corrected chi connectivity index (χ2v) is 9.43. The Balaban J connectivity index is 1.29. The van der Waals surface area contributed by atoms with Gasteiger partial charge in [0.1, 0.15) is 5.84 Å². The highest BCUT2D eigenvalue weighted by molar-refractivity contribution is 6.30. The van der Waals surface area contributed by atoms with E-state index in [1.54, 1.807) is 0 Å². The van der Waals surface area contributed by atoms with E-state index in [4.69, 9.17) is 16.3 Å². The van der Waals surface area contributed by atoms with E-state index in [0.717, 1.165) is 31.0 Å². The van der Waals surface area contributed by atoms with Gasteiger partial charge in [-0.3, -0.25) is 9.89 Å². The van der Waals surface area contributed by atoms with Crippen molar-refractivity contribution in [3.8, 4) is 0 Å².